The van der Waals surface area contributed by atoms with Gasteiger partial charge in [0.15, 0.2) is 0 Å². The Morgan fingerprint density at radius 1 is 1.21 bits per heavy atom. The van der Waals surface area contributed by atoms with E-state index in [2.05, 4.69) is 11.4 Å². The summed E-state index contributed by atoms with van der Waals surface area (Å²) in [5, 5.41) is 12.8. The number of nitrogens with zero attached hydrogens (tertiary/aromatic N) is 2. The van der Waals surface area contributed by atoms with E-state index in [4.69, 9.17) is 10.00 Å². The van der Waals surface area contributed by atoms with Crippen LogP contribution in [0, 0.1) is 18.3 Å². The molecule has 0 aliphatic rings. The second kappa shape index (κ2) is 8.84. The minimum absolute atomic E-state index is 0.0909. The lowest BCUT2D eigenvalue weighted by Gasteiger charge is -2.08. The molecule has 29 heavy (non-hydrogen) atoms. The van der Waals surface area contributed by atoms with E-state index in [1.807, 2.05) is 41.8 Å². The number of nitrogens with one attached hydrogen (secondary N) is 1. The third-order valence-electron chi connectivity index (χ3n) is 4.40. The highest BCUT2D eigenvalue weighted by Crippen LogP contribution is 2.41. The van der Waals surface area contributed by atoms with Crippen LogP contribution >= 0.6 is 11.8 Å². The predicted octanol–water partition coefficient (Wildman–Crippen LogP) is 4.49. The average molecular weight is 407 g/mol. The number of nitriles is 1. The van der Waals surface area contributed by atoms with Gasteiger partial charge in [0.1, 0.15) is 6.54 Å². The molecule has 0 aliphatic carbocycles. The van der Waals surface area contributed by atoms with Crippen molar-refractivity contribution < 1.29 is 14.3 Å². The van der Waals surface area contributed by atoms with Crippen molar-refractivity contribution in [3.63, 3.8) is 0 Å². The van der Waals surface area contributed by atoms with Gasteiger partial charge in [0.05, 0.1) is 29.4 Å². The summed E-state index contributed by atoms with van der Waals surface area (Å²) in [5.41, 5.74) is 3.03. The van der Waals surface area contributed by atoms with Crippen LogP contribution in [0.4, 0.5) is 5.69 Å². The molecule has 0 atom stereocenters. The smallest absolute Gasteiger partial charge is 0.325 e. The fraction of sp³-hybridized carbons (Fsp3) is 0.227. The van der Waals surface area contributed by atoms with Gasteiger partial charge >= 0.3 is 5.97 Å². The summed E-state index contributed by atoms with van der Waals surface area (Å²) < 4.78 is 7.04. The fourth-order valence-electron chi connectivity index (χ4n) is 3.16. The van der Waals surface area contributed by atoms with Crippen LogP contribution < -0.4 is 5.32 Å². The summed E-state index contributed by atoms with van der Waals surface area (Å²) in [6, 6.07) is 15.1. The van der Waals surface area contributed by atoms with Gasteiger partial charge in [-0.3, -0.25) is 9.59 Å². The zero-order valence-corrected chi connectivity index (χ0v) is 17.3. The summed E-state index contributed by atoms with van der Waals surface area (Å²) >= 11 is 1.53. The summed E-state index contributed by atoms with van der Waals surface area (Å²) in [6.45, 7) is 5.60. The molecule has 1 N–H and O–H groups in total. The summed E-state index contributed by atoms with van der Waals surface area (Å²) in [7, 11) is 0. The third kappa shape index (κ3) is 4.44. The lowest BCUT2D eigenvalue weighted by atomic mass is 10.2. The number of hydrogen-bond acceptors (Lipinski definition) is 5. The molecule has 0 bridgehead atoms. The molecule has 1 heterocycles. The Kier molecular flexibility index (Phi) is 6.25. The first-order valence-corrected chi connectivity index (χ1v) is 9.99. The molecule has 0 aliphatic heterocycles. The van der Waals surface area contributed by atoms with Gasteiger partial charge in [0.25, 0.3) is 0 Å². The van der Waals surface area contributed by atoms with Crippen molar-refractivity contribution in [2.45, 2.75) is 37.1 Å². The maximum absolute atomic E-state index is 12.2. The van der Waals surface area contributed by atoms with E-state index in [-0.39, 0.29) is 18.4 Å². The highest BCUT2D eigenvalue weighted by Gasteiger charge is 2.20. The standard InChI is InChI=1S/C22H21N3O3S/c1-4-28-20(27)13-25-14(2)22(29-17-10-8-16(12-23)9-11-17)21-18(24-15(3)26)6-5-7-19(21)25/h5-11H,4,13H2,1-3H3,(H,24,26). The normalized spacial score (nSPS) is 10.6. The van der Waals surface area contributed by atoms with Gasteiger partial charge in [-0.2, -0.15) is 5.26 Å². The number of fused-ring (bicyclic) bond motifs is 1. The average Bonchev–Trinajstić information content (AvgIpc) is 2.95. The Morgan fingerprint density at radius 3 is 2.55 bits per heavy atom. The lowest BCUT2D eigenvalue weighted by Crippen LogP contribution is -2.14. The molecule has 0 fully saturated rings. The summed E-state index contributed by atoms with van der Waals surface area (Å²) in [6.07, 6.45) is 0. The molecular formula is C22H21N3O3S. The van der Waals surface area contributed by atoms with Gasteiger partial charge in [0, 0.05) is 27.8 Å². The number of esters is 1. The molecule has 1 amide bonds. The van der Waals surface area contributed by atoms with Crippen molar-refractivity contribution in [2.75, 3.05) is 11.9 Å². The minimum atomic E-state index is -0.313. The summed E-state index contributed by atoms with van der Waals surface area (Å²) in [4.78, 5) is 25.8. The molecule has 7 heteroatoms. The second-order valence-corrected chi connectivity index (χ2v) is 7.51. The molecule has 2 aromatic carbocycles. The number of carbonyl (C=O) groups is 2. The second-order valence-electron chi connectivity index (χ2n) is 6.42. The van der Waals surface area contributed by atoms with E-state index in [0.29, 0.717) is 17.9 Å². The Morgan fingerprint density at radius 2 is 1.93 bits per heavy atom. The number of carbonyl (C=O) groups excluding carboxylic acids is 2. The molecule has 0 spiro atoms. The minimum Gasteiger partial charge on any atom is -0.465 e. The Bertz CT molecular complexity index is 1110. The SMILES string of the molecule is CCOC(=O)Cn1c(C)c(Sc2ccc(C#N)cc2)c2c(NC(C)=O)cccc21. The van der Waals surface area contributed by atoms with Gasteiger partial charge in [-0.05, 0) is 50.2 Å². The number of aromatic nitrogens is 1. The van der Waals surface area contributed by atoms with E-state index in [9.17, 15) is 9.59 Å². The van der Waals surface area contributed by atoms with Crippen LogP contribution in [0.25, 0.3) is 10.9 Å². The van der Waals surface area contributed by atoms with Gasteiger partial charge < -0.3 is 14.6 Å². The monoisotopic (exact) mass is 407 g/mol. The first kappa shape index (κ1) is 20.5. The molecule has 3 rings (SSSR count). The van der Waals surface area contributed by atoms with Gasteiger partial charge in [-0.15, -0.1) is 0 Å². The number of amides is 1. The number of benzene rings is 2. The van der Waals surface area contributed by atoms with Crippen molar-refractivity contribution >= 4 is 40.2 Å². The Hall–Kier alpha value is -3.24. The van der Waals surface area contributed by atoms with Crippen LogP contribution in [0.15, 0.2) is 52.3 Å². The first-order valence-electron chi connectivity index (χ1n) is 9.17. The zero-order valence-electron chi connectivity index (χ0n) is 16.5. The fourth-order valence-corrected chi connectivity index (χ4v) is 4.24. The molecule has 1 aromatic heterocycles. The quantitative estimate of drug-likeness (QED) is 0.609. The molecule has 3 aromatic rings. The van der Waals surface area contributed by atoms with Gasteiger partial charge in [0.2, 0.25) is 5.91 Å². The first-order chi connectivity index (χ1) is 13.9. The van der Waals surface area contributed by atoms with E-state index >= 15 is 0 Å². The van der Waals surface area contributed by atoms with E-state index in [1.54, 1.807) is 19.1 Å². The molecule has 0 unspecified atom stereocenters. The topological polar surface area (TPSA) is 84.1 Å². The zero-order chi connectivity index (χ0) is 21.0. The van der Waals surface area contributed by atoms with Crippen LogP contribution in [0.2, 0.25) is 0 Å². The molecule has 0 radical (unpaired) electrons. The number of ether oxygens (including phenoxy) is 1. The molecular weight excluding hydrogens is 386 g/mol. The maximum Gasteiger partial charge on any atom is 0.325 e. The van der Waals surface area contributed by atoms with Crippen LogP contribution in [-0.4, -0.2) is 23.1 Å². The Balaban J connectivity index is 2.14. The lowest BCUT2D eigenvalue weighted by molar-refractivity contribution is -0.143. The number of anilines is 1. The van der Waals surface area contributed by atoms with Crippen LogP contribution in [0.1, 0.15) is 25.1 Å². The number of hydrogen-bond donors (Lipinski definition) is 1. The van der Waals surface area contributed by atoms with E-state index in [0.717, 1.165) is 26.4 Å². The van der Waals surface area contributed by atoms with Crippen molar-refractivity contribution in [2.24, 2.45) is 0 Å². The highest BCUT2D eigenvalue weighted by atomic mass is 32.2. The maximum atomic E-state index is 12.2. The van der Waals surface area contributed by atoms with Crippen molar-refractivity contribution in [1.29, 1.82) is 5.26 Å². The molecule has 6 nitrogen and oxygen atoms in total. The van der Waals surface area contributed by atoms with Gasteiger partial charge in [-0.1, -0.05) is 17.8 Å². The van der Waals surface area contributed by atoms with Crippen molar-refractivity contribution in [1.82, 2.24) is 4.57 Å². The third-order valence-corrected chi connectivity index (χ3v) is 5.61. The van der Waals surface area contributed by atoms with E-state index in [1.165, 1.54) is 18.7 Å². The number of rotatable bonds is 6. The Labute approximate surface area is 173 Å². The molecule has 0 saturated carbocycles. The summed E-state index contributed by atoms with van der Waals surface area (Å²) in [5.74, 6) is -0.477. The van der Waals surface area contributed by atoms with Crippen LogP contribution in [0.3, 0.4) is 0 Å². The highest BCUT2D eigenvalue weighted by molar-refractivity contribution is 7.99. The molecule has 148 valence electrons. The van der Waals surface area contributed by atoms with Gasteiger partial charge in [-0.25, -0.2) is 0 Å². The van der Waals surface area contributed by atoms with Crippen LogP contribution in [-0.2, 0) is 20.9 Å². The van der Waals surface area contributed by atoms with Crippen molar-refractivity contribution in [3.8, 4) is 6.07 Å². The van der Waals surface area contributed by atoms with E-state index < -0.39 is 0 Å². The molecule has 0 saturated heterocycles. The van der Waals surface area contributed by atoms with Crippen LogP contribution in [0.5, 0.6) is 0 Å². The predicted molar refractivity (Wildman–Crippen MR) is 113 cm³/mol. The largest absolute Gasteiger partial charge is 0.465 e. The van der Waals surface area contributed by atoms with Crippen molar-refractivity contribution in [3.05, 3.63) is 53.7 Å².